The highest BCUT2D eigenvalue weighted by atomic mass is 127. The predicted octanol–water partition coefficient (Wildman–Crippen LogP) is 3.62. The van der Waals surface area contributed by atoms with Gasteiger partial charge in [-0.15, -0.1) is 24.0 Å². The van der Waals surface area contributed by atoms with Gasteiger partial charge in [0.05, 0.1) is 13.2 Å². The van der Waals surface area contributed by atoms with E-state index in [2.05, 4.69) is 45.4 Å². The molecule has 3 heterocycles. The summed E-state index contributed by atoms with van der Waals surface area (Å²) in [5, 5.41) is 11.5. The van der Waals surface area contributed by atoms with E-state index in [-0.39, 0.29) is 24.0 Å². The lowest BCUT2D eigenvalue weighted by molar-refractivity contribution is 0.153. The third kappa shape index (κ3) is 8.09. The summed E-state index contributed by atoms with van der Waals surface area (Å²) in [6.45, 7) is 8.89. The van der Waals surface area contributed by atoms with Gasteiger partial charge >= 0.3 is 0 Å². The minimum Gasteiger partial charge on any atom is -0.377 e. The lowest BCUT2D eigenvalue weighted by Crippen LogP contribution is -2.48. The van der Waals surface area contributed by atoms with E-state index in [9.17, 15) is 0 Å². The highest BCUT2D eigenvalue weighted by Crippen LogP contribution is 2.16. The number of ether oxygens (including phenoxy) is 1. The maximum absolute atomic E-state index is 5.37. The molecule has 3 rings (SSSR count). The number of nitrogens with one attached hydrogen (secondary N) is 2. The van der Waals surface area contributed by atoms with Crippen LogP contribution < -0.4 is 10.6 Å². The number of rotatable bonds is 7. The molecular weight excluding hydrogens is 471 g/mol. The molecule has 0 spiro atoms. The highest BCUT2D eigenvalue weighted by Gasteiger charge is 2.20. The van der Waals surface area contributed by atoms with Crippen LogP contribution in [0.1, 0.15) is 38.2 Å². The van der Waals surface area contributed by atoms with Gasteiger partial charge in [-0.1, -0.05) is 11.6 Å². The Kier molecular flexibility index (Phi) is 10.7. The van der Waals surface area contributed by atoms with Crippen molar-refractivity contribution in [2.75, 3.05) is 39.4 Å². The van der Waals surface area contributed by atoms with Crippen molar-refractivity contribution in [3.63, 3.8) is 0 Å². The maximum atomic E-state index is 5.37. The maximum Gasteiger partial charge on any atom is 0.191 e. The Hall–Kier alpha value is -0.640. The van der Waals surface area contributed by atoms with Gasteiger partial charge in [-0.25, -0.2) is 0 Å². The molecule has 1 aromatic rings. The highest BCUT2D eigenvalue weighted by molar-refractivity contribution is 14.0. The van der Waals surface area contributed by atoms with Gasteiger partial charge in [-0.05, 0) is 55.0 Å². The fourth-order valence-electron chi connectivity index (χ4n) is 3.49. The van der Waals surface area contributed by atoms with Gasteiger partial charge < -0.3 is 15.4 Å². The van der Waals surface area contributed by atoms with Crippen molar-refractivity contribution in [1.29, 1.82) is 0 Å². The van der Waals surface area contributed by atoms with Crippen molar-refractivity contribution >= 4 is 41.3 Å². The number of halogens is 1. The van der Waals surface area contributed by atoms with Crippen LogP contribution in [-0.4, -0.2) is 56.3 Å². The molecule has 152 valence electrons. The minimum absolute atomic E-state index is 0. The van der Waals surface area contributed by atoms with Crippen molar-refractivity contribution in [1.82, 2.24) is 15.5 Å². The molecule has 0 bridgehead atoms. The first kappa shape index (κ1) is 22.6. The summed E-state index contributed by atoms with van der Waals surface area (Å²) in [5.41, 5.74) is 2.93. The van der Waals surface area contributed by atoms with E-state index in [0.29, 0.717) is 6.04 Å². The molecule has 5 nitrogen and oxygen atoms in total. The molecule has 2 N–H and O–H groups in total. The molecule has 7 heteroatoms. The van der Waals surface area contributed by atoms with Crippen LogP contribution >= 0.6 is 35.3 Å². The van der Waals surface area contributed by atoms with E-state index in [1.54, 1.807) is 11.3 Å². The Balaban J connectivity index is 0.00000261. The quantitative estimate of drug-likeness (QED) is 0.258. The first-order valence-electron chi connectivity index (χ1n) is 9.87. The zero-order valence-electron chi connectivity index (χ0n) is 16.3. The molecule has 1 aromatic heterocycles. The van der Waals surface area contributed by atoms with Crippen LogP contribution in [0.2, 0.25) is 0 Å². The van der Waals surface area contributed by atoms with Crippen LogP contribution in [0.15, 0.2) is 33.5 Å². The molecule has 0 atom stereocenters. The predicted molar refractivity (Wildman–Crippen MR) is 125 cm³/mol. The van der Waals surface area contributed by atoms with E-state index in [4.69, 9.17) is 9.73 Å². The molecule has 1 saturated heterocycles. The van der Waals surface area contributed by atoms with E-state index >= 15 is 0 Å². The first-order chi connectivity index (χ1) is 12.8. The van der Waals surface area contributed by atoms with Crippen LogP contribution in [0.5, 0.6) is 0 Å². The number of nitrogens with zero attached hydrogens (tertiary/aromatic N) is 2. The zero-order valence-corrected chi connectivity index (χ0v) is 19.4. The van der Waals surface area contributed by atoms with Crippen molar-refractivity contribution in [2.24, 2.45) is 4.99 Å². The second-order valence-electron chi connectivity index (χ2n) is 7.02. The molecule has 0 amide bonds. The third-order valence-corrected chi connectivity index (χ3v) is 5.75. The van der Waals surface area contributed by atoms with Gasteiger partial charge in [0.25, 0.3) is 0 Å². The van der Waals surface area contributed by atoms with Crippen molar-refractivity contribution in [3.05, 3.63) is 34.0 Å². The number of aliphatic imine (C=N–C) groups is 1. The largest absolute Gasteiger partial charge is 0.377 e. The molecule has 1 fully saturated rings. The summed E-state index contributed by atoms with van der Waals surface area (Å²) in [7, 11) is 0. The van der Waals surface area contributed by atoms with Crippen LogP contribution in [0.4, 0.5) is 0 Å². The molecule has 0 aromatic carbocycles. The molecular formula is C20H33IN4OS. The van der Waals surface area contributed by atoms with Crippen LogP contribution in [-0.2, 0) is 11.3 Å². The van der Waals surface area contributed by atoms with Crippen molar-refractivity contribution in [2.45, 2.75) is 45.2 Å². The molecule has 0 saturated carbocycles. The molecule has 27 heavy (non-hydrogen) atoms. The lowest BCUT2D eigenvalue weighted by atomic mass is 10.0. The Labute approximate surface area is 184 Å². The third-order valence-electron chi connectivity index (χ3n) is 5.02. The fraction of sp³-hybridized carbons (Fsp3) is 0.650. The smallest absolute Gasteiger partial charge is 0.191 e. The number of piperidine rings is 1. The SMILES string of the molecule is CCNC(=NCCC1=CCOCC1)NC1CCN(Cc2ccsc2)CC1.I. The van der Waals surface area contributed by atoms with E-state index in [1.165, 1.54) is 24.0 Å². The summed E-state index contributed by atoms with van der Waals surface area (Å²) in [4.78, 5) is 7.34. The Morgan fingerprint density at radius 2 is 2.22 bits per heavy atom. The Morgan fingerprint density at radius 3 is 2.89 bits per heavy atom. The van der Waals surface area contributed by atoms with Crippen LogP contribution in [0.3, 0.4) is 0 Å². The van der Waals surface area contributed by atoms with Gasteiger partial charge in [-0.3, -0.25) is 9.89 Å². The standard InChI is InChI=1S/C20H32N4OS.HI/c1-2-21-20(22-9-3-17-6-12-25-13-7-17)23-19-4-10-24(11-5-19)15-18-8-14-26-16-18;/h6,8,14,16,19H,2-5,7,9-13,15H2,1H3,(H2,21,22,23);1H. The molecule has 0 unspecified atom stereocenters. The van der Waals surface area contributed by atoms with Crippen molar-refractivity contribution in [3.8, 4) is 0 Å². The van der Waals surface area contributed by atoms with Gasteiger partial charge in [0.2, 0.25) is 0 Å². The second-order valence-corrected chi connectivity index (χ2v) is 7.80. The molecule has 2 aliphatic rings. The summed E-state index contributed by atoms with van der Waals surface area (Å²) in [5.74, 6) is 0.969. The van der Waals surface area contributed by atoms with E-state index < -0.39 is 0 Å². The normalized spacial score (nSPS) is 19.3. The van der Waals surface area contributed by atoms with Crippen LogP contribution in [0.25, 0.3) is 0 Å². The number of hydrogen-bond acceptors (Lipinski definition) is 4. The van der Waals surface area contributed by atoms with Gasteiger partial charge in [0.15, 0.2) is 5.96 Å². The first-order valence-corrected chi connectivity index (χ1v) is 10.8. The number of guanidine groups is 1. The monoisotopic (exact) mass is 504 g/mol. The van der Waals surface area contributed by atoms with Gasteiger partial charge in [-0.2, -0.15) is 11.3 Å². The topological polar surface area (TPSA) is 48.9 Å². The fourth-order valence-corrected chi connectivity index (χ4v) is 4.15. The van der Waals surface area contributed by atoms with E-state index in [1.807, 2.05) is 0 Å². The van der Waals surface area contributed by atoms with Gasteiger partial charge in [0, 0.05) is 38.8 Å². The molecule has 0 radical (unpaired) electrons. The Morgan fingerprint density at radius 1 is 1.37 bits per heavy atom. The Bertz CT molecular complexity index is 583. The average Bonchev–Trinajstić information content (AvgIpc) is 3.17. The average molecular weight is 504 g/mol. The number of hydrogen-bond donors (Lipinski definition) is 2. The second kappa shape index (κ2) is 12.7. The zero-order chi connectivity index (χ0) is 18.0. The van der Waals surface area contributed by atoms with E-state index in [0.717, 1.165) is 64.7 Å². The van der Waals surface area contributed by atoms with Gasteiger partial charge in [0.1, 0.15) is 0 Å². The summed E-state index contributed by atoms with van der Waals surface area (Å²) < 4.78 is 5.37. The minimum atomic E-state index is 0. The van der Waals surface area contributed by atoms with Crippen LogP contribution in [0, 0.1) is 0 Å². The molecule has 2 aliphatic heterocycles. The lowest BCUT2D eigenvalue weighted by Gasteiger charge is -2.33. The number of likely N-dealkylation sites (tertiary alicyclic amines) is 1. The molecule has 0 aliphatic carbocycles. The number of thiophene rings is 1. The van der Waals surface area contributed by atoms with Crippen molar-refractivity contribution < 1.29 is 4.74 Å². The summed E-state index contributed by atoms with van der Waals surface area (Å²) in [6.07, 6.45) is 6.66. The summed E-state index contributed by atoms with van der Waals surface area (Å²) >= 11 is 1.79. The summed E-state index contributed by atoms with van der Waals surface area (Å²) in [6, 6.07) is 2.76.